The summed E-state index contributed by atoms with van der Waals surface area (Å²) in [5.74, 6) is -0.0153. The minimum atomic E-state index is -0.378. The first-order valence-corrected chi connectivity index (χ1v) is 7.29. The van der Waals surface area contributed by atoms with E-state index in [1.54, 1.807) is 4.90 Å². The Morgan fingerprint density at radius 2 is 1.81 bits per heavy atom. The van der Waals surface area contributed by atoms with Gasteiger partial charge in [0.1, 0.15) is 18.0 Å². The Kier molecular flexibility index (Phi) is 3.10. The van der Waals surface area contributed by atoms with Gasteiger partial charge >= 0.3 is 0 Å². The van der Waals surface area contributed by atoms with E-state index in [1.807, 2.05) is 58.0 Å². The van der Waals surface area contributed by atoms with Crippen LogP contribution in [0.15, 0.2) is 36.1 Å². The lowest BCUT2D eigenvalue weighted by molar-refractivity contribution is -0.136. The van der Waals surface area contributed by atoms with E-state index in [0.717, 1.165) is 5.56 Å². The SMILES string of the molecule is C[C@H]1O[C@H](C(C)(C)C)N2C(=O)C(c3ccccc3)=C(O)[C@@H]12. The van der Waals surface area contributed by atoms with Gasteiger partial charge in [0, 0.05) is 5.41 Å². The first kappa shape index (κ1) is 14.1. The number of aliphatic hydroxyl groups excluding tert-OH is 1. The fraction of sp³-hybridized carbons (Fsp3) is 0.471. The summed E-state index contributed by atoms with van der Waals surface area (Å²) in [6.07, 6.45) is -0.534. The van der Waals surface area contributed by atoms with Gasteiger partial charge in [-0.25, -0.2) is 0 Å². The van der Waals surface area contributed by atoms with Crippen molar-refractivity contribution in [2.45, 2.75) is 46.1 Å². The number of amides is 1. The normalized spacial score (nSPS) is 29.2. The van der Waals surface area contributed by atoms with Gasteiger partial charge in [-0.2, -0.15) is 0 Å². The van der Waals surface area contributed by atoms with E-state index in [-0.39, 0.29) is 35.5 Å². The zero-order valence-electron chi connectivity index (χ0n) is 12.8. The van der Waals surface area contributed by atoms with Crippen LogP contribution in [0, 0.1) is 5.41 Å². The predicted molar refractivity (Wildman–Crippen MR) is 80.4 cm³/mol. The maximum absolute atomic E-state index is 12.8. The molecule has 1 aromatic rings. The third kappa shape index (κ3) is 2.05. The van der Waals surface area contributed by atoms with E-state index in [2.05, 4.69) is 0 Å². The summed E-state index contributed by atoms with van der Waals surface area (Å²) in [5.41, 5.74) is 0.963. The molecule has 0 aromatic heterocycles. The number of rotatable bonds is 1. The van der Waals surface area contributed by atoms with Gasteiger partial charge in [0.2, 0.25) is 0 Å². The maximum Gasteiger partial charge on any atom is 0.260 e. The fourth-order valence-corrected chi connectivity index (χ4v) is 3.19. The van der Waals surface area contributed by atoms with E-state index in [9.17, 15) is 9.90 Å². The van der Waals surface area contributed by atoms with Crippen molar-refractivity contribution in [1.82, 2.24) is 4.90 Å². The number of aliphatic hydroxyl groups is 1. The quantitative estimate of drug-likeness (QED) is 0.864. The van der Waals surface area contributed by atoms with Crippen LogP contribution in [0.2, 0.25) is 0 Å². The van der Waals surface area contributed by atoms with E-state index >= 15 is 0 Å². The van der Waals surface area contributed by atoms with E-state index in [4.69, 9.17) is 4.74 Å². The molecule has 112 valence electrons. The number of nitrogens with zero attached hydrogens (tertiary/aromatic N) is 1. The van der Waals surface area contributed by atoms with Gasteiger partial charge in [0.05, 0.1) is 11.7 Å². The number of carbonyl (C=O) groups excluding carboxylic acids is 1. The van der Waals surface area contributed by atoms with Crippen molar-refractivity contribution in [3.8, 4) is 0 Å². The van der Waals surface area contributed by atoms with Crippen molar-refractivity contribution in [2.75, 3.05) is 0 Å². The average Bonchev–Trinajstić information content (AvgIpc) is 2.89. The molecule has 3 rings (SSSR count). The molecule has 1 amide bonds. The second-order valence-electron chi connectivity index (χ2n) is 6.84. The standard InChI is InChI=1S/C17H21NO3/c1-10-13-14(19)12(11-8-6-5-7-9-11)15(20)18(13)16(21-10)17(2,3)4/h5-10,13,16,19H,1-4H3/t10-,13-,16-/m1/s1. The van der Waals surface area contributed by atoms with Crippen molar-refractivity contribution in [1.29, 1.82) is 0 Å². The molecule has 2 heterocycles. The van der Waals surface area contributed by atoms with Crippen molar-refractivity contribution in [3.05, 3.63) is 41.7 Å². The fourth-order valence-electron chi connectivity index (χ4n) is 3.19. The van der Waals surface area contributed by atoms with Gasteiger partial charge in [-0.15, -0.1) is 0 Å². The minimum absolute atomic E-state index is 0.130. The van der Waals surface area contributed by atoms with Crippen LogP contribution in [0.1, 0.15) is 33.3 Å². The highest BCUT2D eigenvalue weighted by Crippen LogP contribution is 2.44. The smallest absolute Gasteiger partial charge is 0.260 e. The summed E-state index contributed by atoms with van der Waals surface area (Å²) < 4.78 is 5.93. The summed E-state index contributed by atoms with van der Waals surface area (Å²) in [5, 5.41) is 10.6. The van der Waals surface area contributed by atoms with Crippen LogP contribution in [0.4, 0.5) is 0 Å². The number of carbonyl (C=O) groups is 1. The first-order valence-electron chi connectivity index (χ1n) is 7.29. The lowest BCUT2D eigenvalue weighted by atomic mass is 9.93. The van der Waals surface area contributed by atoms with Crippen LogP contribution in [0.25, 0.3) is 5.57 Å². The molecule has 1 saturated heterocycles. The lowest BCUT2D eigenvalue weighted by Crippen LogP contribution is -2.45. The van der Waals surface area contributed by atoms with Gasteiger partial charge in [-0.05, 0) is 12.5 Å². The van der Waals surface area contributed by atoms with Gasteiger partial charge in [-0.3, -0.25) is 9.69 Å². The Balaban J connectivity index is 2.05. The number of benzene rings is 1. The molecule has 1 aromatic carbocycles. The largest absolute Gasteiger partial charge is 0.509 e. The van der Waals surface area contributed by atoms with Crippen LogP contribution in [-0.4, -0.2) is 34.3 Å². The zero-order valence-corrected chi connectivity index (χ0v) is 12.8. The van der Waals surface area contributed by atoms with Crippen molar-refractivity contribution >= 4 is 11.5 Å². The molecular formula is C17H21NO3. The average molecular weight is 287 g/mol. The second kappa shape index (κ2) is 4.60. The van der Waals surface area contributed by atoms with Crippen LogP contribution >= 0.6 is 0 Å². The summed E-state index contributed by atoms with van der Waals surface area (Å²) in [6, 6.07) is 8.95. The third-order valence-electron chi connectivity index (χ3n) is 4.13. The van der Waals surface area contributed by atoms with Crippen molar-refractivity contribution in [2.24, 2.45) is 5.41 Å². The summed E-state index contributed by atoms with van der Waals surface area (Å²) in [6.45, 7) is 8.02. The Morgan fingerprint density at radius 3 is 2.38 bits per heavy atom. The lowest BCUT2D eigenvalue weighted by Gasteiger charge is -2.33. The molecule has 2 aliphatic heterocycles. The Labute approximate surface area is 125 Å². The molecule has 0 bridgehead atoms. The molecule has 0 radical (unpaired) electrons. The molecule has 0 aliphatic carbocycles. The van der Waals surface area contributed by atoms with E-state index in [1.165, 1.54) is 0 Å². The van der Waals surface area contributed by atoms with Crippen LogP contribution in [0.5, 0.6) is 0 Å². The molecule has 3 atom stereocenters. The number of hydrogen-bond acceptors (Lipinski definition) is 3. The number of hydrogen-bond donors (Lipinski definition) is 1. The van der Waals surface area contributed by atoms with Crippen molar-refractivity contribution < 1.29 is 14.6 Å². The molecule has 0 unspecified atom stereocenters. The van der Waals surface area contributed by atoms with Crippen molar-refractivity contribution in [3.63, 3.8) is 0 Å². The molecule has 4 nitrogen and oxygen atoms in total. The molecule has 0 spiro atoms. The topological polar surface area (TPSA) is 49.8 Å². The van der Waals surface area contributed by atoms with Crippen LogP contribution in [0.3, 0.4) is 0 Å². The number of ether oxygens (including phenoxy) is 1. The summed E-state index contributed by atoms with van der Waals surface area (Å²) in [4.78, 5) is 14.5. The molecule has 1 fully saturated rings. The van der Waals surface area contributed by atoms with Gasteiger partial charge in [0.15, 0.2) is 0 Å². The molecule has 21 heavy (non-hydrogen) atoms. The van der Waals surface area contributed by atoms with Gasteiger partial charge in [0.25, 0.3) is 5.91 Å². The minimum Gasteiger partial charge on any atom is -0.509 e. The molecule has 2 aliphatic rings. The van der Waals surface area contributed by atoms with Gasteiger partial charge in [-0.1, -0.05) is 51.1 Å². The van der Waals surface area contributed by atoms with Gasteiger partial charge < -0.3 is 9.84 Å². The van der Waals surface area contributed by atoms with E-state index in [0.29, 0.717) is 5.57 Å². The molecular weight excluding hydrogens is 266 g/mol. The maximum atomic E-state index is 12.8. The second-order valence-corrected chi connectivity index (χ2v) is 6.84. The summed E-state index contributed by atoms with van der Waals surface area (Å²) in [7, 11) is 0. The zero-order chi connectivity index (χ0) is 15.4. The van der Waals surface area contributed by atoms with Crippen LogP contribution < -0.4 is 0 Å². The van der Waals surface area contributed by atoms with E-state index < -0.39 is 0 Å². The molecule has 4 heteroatoms. The van der Waals surface area contributed by atoms with Crippen LogP contribution in [-0.2, 0) is 9.53 Å². The Hall–Kier alpha value is -1.81. The molecule has 0 saturated carbocycles. The predicted octanol–water partition coefficient (Wildman–Crippen LogP) is 2.96. The first-order chi connectivity index (χ1) is 9.82. The monoisotopic (exact) mass is 287 g/mol. The molecule has 1 N–H and O–H groups in total. The number of fused-ring (bicyclic) bond motifs is 1. The Morgan fingerprint density at radius 1 is 1.19 bits per heavy atom. The highest BCUT2D eigenvalue weighted by Gasteiger charge is 2.55. The third-order valence-corrected chi connectivity index (χ3v) is 4.13. The highest BCUT2D eigenvalue weighted by atomic mass is 16.5. The summed E-state index contributed by atoms with van der Waals surface area (Å²) >= 11 is 0. The Bertz CT molecular complexity index is 600. The highest BCUT2D eigenvalue weighted by molar-refractivity contribution is 6.22.